The summed E-state index contributed by atoms with van der Waals surface area (Å²) >= 11 is 0. The van der Waals surface area contributed by atoms with Crippen molar-refractivity contribution in [2.45, 2.75) is 82.6 Å². The molecule has 2 aliphatic heterocycles. The predicted octanol–water partition coefficient (Wildman–Crippen LogP) is 1.44. The first-order valence-corrected chi connectivity index (χ1v) is 8.91. The van der Waals surface area contributed by atoms with Gasteiger partial charge < -0.3 is 10.4 Å². The Hall–Kier alpha value is -0.160. The second-order valence-corrected chi connectivity index (χ2v) is 7.97. The Morgan fingerprint density at radius 1 is 1.24 bits per heavy atom. The SMILES string of the molecule is CC(C)NC1(CO)CCC(N2CC3CCCN3CC2C)C1. The second kappa shape index (κ2) is 6.15. The zero-order chi connectivity index (χ0) is 15.0. The Morgan fingerprint density at radius 3 is 2.76 bits per heavy atom. The lowest BCUT2D eigenvalue weighted by molar-refractivity contribution is 0.0250. The monoisotopic (exact) mass is 295 g/mol. The first kappa shape index (κ1) is 15.7. The number of nitrogens with one attached hydrogen (secondary N) is 1. The van der Waals surface area contributed by atoms with E-state index in [9.17, 15) is 5.11 Å². The third-order valence-electron chi connectivity index (χ3n) is 5.93. The lowest BCUT2D eigenvalue weighted by atomic mass is 9.96. The van der Waals surface area contributed by atoms with Crippen LogP contribution in [0.25, 0.3) is 0 Å². The molecule has 0 radical (unpaired) electrons. The molecule has 3 fully saturated rings. The summed E-state index contributed by atoms with van der Waals surface area (Å²) in [6.07, 6.45) is 6.22. The van der Waals surface area contributed by atoms with Crippen molar-refractivity contribution in [1.82, 2.24) is 15.1 Å². The molecule has 2 N–H and O–H groups in total. The topological polar surface area (TPSA) is 38.7 Å². The van der Waals surface area contributed by atoms with Crippen LogP contribution >= 0.6 is 0 Å². The van der Waals surface area contributed by atoms with E-state index in [1.807, 2.05) is 0 Å². The average molecular weight is 295 g/mol. The van der Waals surface area contributed by atoms with Crippen LogP contribution in [0.3, 0.4) is 0 Å². The fraction of sp³-hybridized carbons (Fsp3) is 1.00. The van der Waals surface area contributed by atoms with Crippen LogP contribution in [-0.4, -0.2) is 70.9 Å². The molecule has 0 aromatic rings. The summed E-state index contributed by atoms with van der Waals surface area (Å²) in [5, 5.41) is 13.6. The van der Waals surface area contributed by atoms with Gasteiger partial charge in [0.2, 0.25) is 0 Å². The lowest BCUT2D eigenvalue weighted by Gasteiger charge is -2.45. The molecule has 21 heavy (non-hydrogen) atoms. The maximum absolute atomic E-state index is 9.91. The van der Waals surface area contributed by atoms with Gasteiger partial charge in [0, 0.05) is 42.8 Å². The minimum Gasteiger partial charge on any atom is -0.394 e. The normalized spacial score (nSPS) is 41.9. The number of piperazine rings is 1. The zero-order valence-corrected chi connectivity index (χ0v) is 14.0. The van der Waals surface area contributed by atoms with E-state index in [1.165, 1.54) is 38.9 Å². The van der Waals surface area contributed by atoms with Gasteiger partial charge in [0.1, 0.15) is 0 Å². The average Bonchev–Trinajstić information content (AvgIpc) is 3.04. The van der Waals surface area contributed by atoms with Crippen molar-refractivity contribution in [3.8, 4) is 0 Å². The van der Waals surface area contributed by atoms with Gasteiger partial charge in [0.25, 0.3) is 0 Å². The van der Waals surface area contributed by atoms with Crippen molar-refractivity contribution < 1.29 is 5.11 Å². The molecule has 4 heteroatoms. The van der Waals surface area contributed by atoms with E-state index in [0.29, 0.717) is 18.1 Å². The molecule has 4 atom stereocenters. The third-order valence-corrected chi connectivity index (χ3v) is 5.93. The molecule has 4 unspecified atom stereocenters. The van der Waals surface area contributed by atoms with Crippen LogP contribution in [0.4, 0.5) is 0 Å². The molecule has 3 rings (SSSR count). The van der Waals surface area contributed by atoms with Crippen molar-refractivity contribution in [2.24, 2.45) is 0 Å². The van der Waals surface area contributed by atoms with E-state index in [0.717, 1.165) is 18.9 Å². The fourth-order valence-electron chi connectivity index (χ4n) is 5.03. The number of aliphatic hydroxyl groups is 1. The molecule has 1 aliphatic carbocycles. The van der Waals surface area contributed by atoms with Crippen molar-refractivity contribution in [3.05, 3.63) is 0 Å². The van der Waals surface area contributed by atoms with Crippen LogP contribution in [0.2, 0.25) is 0 Å². The van der Waals surface area contributed by atoms with Gasteiger partial charge in [-0.15, -0.1) is 0 Å². The summed E-state index contributed by atoms with van der Waals surface area (Å²) in [6.45, 7) is 10.8. The highest BCUT2D eigenvalue weighted by Gasteiger charge is 2.44. The number of hydrogen-bond donors (Lipinski definition) is 2. The first-order valence-electron chi connectivity index (χ1n) is 8.91. The van der Waals surface area contributed by atoms with Gasteiger partial charge >= 0.3 is 0 Å². The summed E-state index contributed by atoms with van der Waals surface area (Å²) in [5.41, 5.74) is -0.0363. The number of fused-ring (bicyclic) bond motifs is 1. The first-order chi connectivity index (χ1) is 10.0. The van der Waals surface area contributed by atoms with Gasteiger partial charge in [-0.2, -0.15) is 0 Å². The van der Waals surface area contributed by atoms with Gasteiger partial charge in [0.05, 0.1) is 6.61 Å². The predicted molar refractivity (Wildman–Crippen MR) is 86.5 cm³/mol. The number of nitrogens with zero attached hydrogens (tertiary/aromatic N) is 2. The summed E-state index contributed by atoms with van der Waals surface area (Å²) in [4.78, 5) is 5.45. The Balaban J connectivity index is 1.64. The summed E-state index contributed by atoms with van der Waals surface area (Å²) in [6, 6.07) is 2.56. The summed E-state index contributed by atoms with van der Waals surface area (Å²) in [7, 11) is 0. The molecule has 4 nitrogen and oxygen atoms in total. The fourth-order valence-corrected chi connectivity index (χ4v) is 5.03. The number of rotatable bonds is 4. The van der Waals surface area contributed by atoms with Crippen molar-refractivity contribution in [3.63, 3.8) is 0 Å². The van der Waals surface area contributed by atoms with E-state index >= 15 is 0 Å². The van der Waals surface area contributed by atoms with Crippen LogP contribution in [0.1, 0.15) is 52.9 Å². The van der Waals surface area contributed by atoms with E-state index in [1.54, 1.807) is 0 Å². The molecule has 122 valence electrons. The van der Waals surface area contributed by atoms with Crippen LogP contribution in [-0.2, 0) is 0 Å². The minimum absolute atomic E-state index is 0.0363. The number of hydrogen-bond acceptors (Lipinski definition) is 4. The highest BCUT2D eigenvalue weighted by atomic mass is 16.3. The maximum atomic E-state index is 9.91. The molecule has 0 spiro atoms. The number of aliphatic hydroxyl groups excluding tert-OH is 1. The molecule has 2 saturated heterocycles. The molecule has 0 bridgehead atoms. The molecular formula is C17H33N3O. The Labute approximate surface area is 129 Å². The quantitative estimate of drug-likeness (QED) is 0.823. The van der Waals surface area contributed by atoms with Gasteiger partial charge in [0.15, 0.2) is 0 Å². The smallest absolute Gasteiger partial charge is 0.0614 e. The molecule has 3 aliphatic rings. The van der Waals surface area contributed by atoms with E-state index in [-0.39, 0.29) is 12.1 Å². The standard InChI is InChI=1S/C17H33N3O/c1-13(2)18-17(12-21)7-6-15(9-17)20-11-16-5-4-8-19(16)10-14(20)3/h13-16,18,21H,4-12H2,1-3H3. The van der Waals surface area contributed by atoms with Gasteiger partial charge in [-0.1, -0.05) is 13.8 Å². The minimum atomic E-state index is -0.0363. The molecular weight excluding hydrogens is 262 g/mol. The second-order valence-electron chi connectivity index (χ2n) is 7.97. The van der Waals surface area contributed by atoms with Crippen LogP contribution in [0.15, 0.2) is 0 Å². The van der Waals surface area contributed by atoms with Gasteiger partial charge in [-0.05, 0) is 45.6 Å². The van der Waals surface area contributed by atoms with Crippen LogP contribution < -0.4 is 5.32 Å². The summed E-state index contributed by atoms with van der Waals surface area (Å²) < 4.78 is 0. The van der Waals surface area contributed by atoms with E-state index in [4.69, 9.17) is 0 Å². The third kappa shape index (κ3) is 3.14. The Bertz CT molecular complexity index is 362. The molecule has 0 amide bonds. The van der Waals surface area contributed by atoms with Gasteiger partial charge in [-0.3, -0.25) is 9.80 Å². The van der Waals surface area contributed by atoms with E-state index < -0.39 is 0 Å². The van der Waals surface area contributed by atoms with Crippen LogP contribution in [0.5, 0.6) is 0 Å². The molecule has 1 saturated carbocycles. The molecule has 0 aromatic heterocycles. The largest absolute Gasteiger partial charge is 0.394 e. The van der Waals surface area contributed by atoms with Crippen molar-refractivity contribution in [2.75, 3.05) is 26.2 Å². The Morgan fingerprint density at radius 2 is 2.05 bits per heavy atom. The molecule has 0 aromatic carbocycles. The van der Waals surface area contributed by atoms with Gasteiger partial charge in [-0.25, -0.2) is 0 Å². The maximum Gasteiger partial charge on any atom is 0.0614 e. The van der Waals surface area contributed by atoms with E-state index in [2.05, 4.69) is 35.9 Å². The highest BCUT2D eigenvalue weighted by Crippen LogP contribution is 2.36. The van der Waals surface area contributed by atoms with Crippen LogP contribution in [0, 0.1) is 0 Å². The zero-order valence-electron chi connectivity index (χ0n) is 14.0. The molecule has 2 heterocycles. The lowest BCUT2D eigenvalue weighted by Crippen LogP contribution is -2.58. The summed E-state index contributed by atoms with van der Waals surface area (Å²) in [5.74, 6) is 0. The Kier molecular flexibility index (Phi) is 4.60. The van der Waals surface area contributed by atoms with Crippen molar-refractivity contribution in [1.29, 1.82) is 0 Å². The van der Waals surface area contributed by atoms with Crippen molar-refractivity contribution >= 4 is 0 Å². The highest BCUT2D eigenvalue weighted by molar-refractivity contribution is 5.03.